The van der Waals surface area contributed by atoms with Crippen LogP contribution in [-0.4, -0.2) is 44.2 Å². The number of thiophene rings is 1. The van der Waals surface area contributed by atoms with Crippen LogP contribution in [0.15, 0.2) is 53.4 Å². The third kappa shape index (κ3) is 8.03. The van der Waals surface area contributed by atoms with Crippen molar-refractivity contribution in [2.24, 2.45) is 0 Å². The lowest BCUT2D eigenvalue weighted by Gasteiger charge is -2.18. The first-order chi connectivity index (χ1) is 17.1. The summed E-state index contributed by atoms with van der Waals surface area (Å²) in [7, 11) is -3.90. The number of unbranched alkanes of at least 4 members (excludes halogenated alkanes) is 1. The lowest BCUT2D eigenvalue weighted by atomic mass is 10.2. The number of carbonyl (C=O) groups excluding carboxylic acids is 2. The van der Waals surface area contributed by atoms with Gasteiger partial charge in [0.1, 0.15) is 21.6 Å². The van der Waals surface area contributed by atoms with Gasteiger partial charge in [0.15, 0.2) is 0 Å². The predicted molar refractivity (Wildman–Crippen MR) is 142 cm³/mol. The van der Waals surface area contributed by atoms with E-state index in [1.54, 1.807) is 6.07 Å². The number of hydrogen-bond acceptors (Lipinski definition) is 5. The standard InChI is InChI=1S/C23H23Cl3FN3O4S2/c24-16-12-15(27)7-8-20(16)36(33,34)29-10-4-3-9-28-22(31)17(13-21(25)26)30-23(32)19-11-14-5-1-2-6-18(14)35-19/h1-2,5-8,11-12,17,21,29H,3-4,9-10,13H2,(H,28,31)(H,30,32). The molecule has 3 aromatic rings. The van der Waals surface area contributed by atoms with Crippen LogP contribution in [0.3, 0.4) is 0 Å². The van der Waals surface area contributed by atoms with Gasteiger partial charge in [-0.05, 0) is 48.6 Å². The van der Waals surface area contributed by atoms with Crippen molar-refractivity contribution in [1.29, 1.82) is 0 Å². The lowest BCUT2D eigenvalue weighted by molar-refractivity contribution is -0.123. The molecule has 0 aliphatic rings. The molecule has 0 saturated heterocycles. The summed E-state index contributed by atoms with van der Waals surface area (Å²) in [4.78, 5) is 24.8. The molecule has 0 radical (unpaired) electrons. The molecule has 13 heteroatoms. The highest BCUT2D eigenvalue weighted by Gasteiger charge is 2.24. The van der Waals surface area contributed by atoms with Crippen molar-refractivity contribution in [2.45, 2.75) is 35.0 Å². The quantitative estimate of drug-likeness (QED) is 0.206. The van der Waals surface area contributed by atoms with E-state index in [2.05, 4.69) is 15.4 Å². The molecule has 2 amide bonds. The average molecular weight is 595 g/mol. The first kappa shape index (κ1) is 28.6. The van der Waals surface area contributed by atoms with Gasteiger partial charge in [0.2, 0.25) is 15.9 Å². The summed E-state index contributed by atoms with van der Waals surface area (Å²) in [6.07, 6.45) is 0.877. The van der Waals surface area contributed by atoms with Gasteiger partial charge in [0, 0.05) is 24.2 Å². The molecule has 0 aliphatic carbocycles. The van der Waals surface area contributed by atoms with E-state index in [1.165, 1.54) is 11.3 Å². The Balaban J connectivity index is 1.47. The summed E-state index contributed by atoms with van der Waals surface area (Å²) in [5.41, 5.74) is 0. The molecule has 3 N–H and O–H groups in total. The Hall–Kier alpha value is -1.95. The normalized spacial score (nSPS) is 12.6. The van der Waals surface area contributed by atoms with Crippen molar-refractivity contribution in [3.05, 3.63) is 64.2 Å². The van der Waals surface area contributed by atoms with Crippen LogP contribution in [0.5, 0.6) is 0 Å². The minimum Gasteiger partial charge on any atom is -0.354 e. The molecule has 1 unspecified atom stereocenters. The molecule has 1 heterocycles. The first-order valence-corrected chi connectivity index (χ1v) is 14.4. The second kappa shape index (κ2) is 13.0. The molecule has 2 aromatic carbocycles. The van der Waals surface area contributed by atoms with E-state index in [1.807, 2.05) is 24.3 Å². The van der Waals surface area contributed by atoms with E-state index >= 15 is 0 Å². The van der Waals surface area contributed by atoms with Crippen molar-refractivity contribution in [2.75, 3.05) is 13.1 Å². The van der Waals surface area contributed by atoms with Gasteiger partial charge >= 0.3 is 0 Å². The van der Waals surface area contributed by atoms with E-state index in [0.717, 1.165) is 28.3 Å². The molecule has 0 bridgehead atoms. The summed E-state index contributed by atoms with van der Waals surface area (Å²) >= 11 is 18.9. The van der Waals surface area contributed by atoms with Gasteiger partial charge in [-0.15, -0.1) is 34.5 Å². The molecule has 7 nitrogen and oxygen atoms in total. The SMILES string of the molecule is O=C(NC(CC(Cl)Cl)C(=O)NCCCCNS(=O)(=O)c1ccc(F)cc1Cl)c1cc2ccccc2s1. The Morgan fingerprint density at radius 1 is 1.03 bits per heavy atom. The van der Waals surface area contributed by atoms with Crippen molar-refractivity contribution < 1.29 is 22.4 Å². The van der Waals surface area contributed by atoms with Crippen molar-refractivity contribution in [3.63, 3.8) is 0 Å². The van der Waals surface area contributed by atoms with Crippen LogP contribution in [0.2, 0.25) is 5.02 Å². The highest BCUT2D eigenvalue weighted by atomic mass is 35.5. The molecule has 1 atom stereocenters. The number of nitrogens with one attached hydrogen (secondary N) is 3. The molecular formula is C23H23Cl3FN3O4S2. The Labute approximate surface area is 227 Å². The summed E-state index contributed by atoms with van der Waals surface area (Å²) in [6, 6.07) is 11.4. The molecule has 0 aliphatic heterocycles. The molecule has 3 rings (SSSR count). The van der Waals surface area contributed by atoms with Gasteiger partial charge in [-0.2, -0.15) is 0 Å². The minimum atomic E-state index is -3.90. The van der Waals surface area contributed by atoms with Gasteiger partial charge < -0.3 is 10.6 Å². The molecule has 0 fully saturated rings. The van der Waals surface area contributed by atoms with E-state index in [9.17, 15) is 22.4 Å². The number of amides is 2. The van der Waals surface area contributed by atoms with E-state index in [4.69, 9.17) is 34.8 Å². The molecule has 0 spiro atoms. The number of carbonyl (C=O) groups is 2. The fourth-order valence-electron chi connectivity index (χ4n) is 3.30. The smallest absolute Gasteiger partial charge is 0.262 e. The average Bonchev–Trinajstić information content (AvgIpc) is 3.24. The van der Waals surface area contributed by atoms with Crippen molar-refractivity contribution in [1.82, 2.24) is 15.4 Å². The number of benzene rings is 2. The van der Waals surface area contributed by atoms with Crippen LogP contribution in [-0.2, 0) is 14.8 Å². The Kier molecular flexibility index (Phi) is 10.4. The zero-order valence-corrected chi connectivity index (χ0v) is 22.7. The lowest BCUT2D eigenvalue weighted by Crippen LogP contribution is -2.47. The van der Waals surface area contributed by atoms with Crippen LogP contribution in [0.25, 0.3) is 10.1 Å². The maximum atomic E-state index is 13.1. The zero-order chi connectivity index (χ0) is 26.3. The predicted octanol–water partition coefficient (Wildman–Crippen LogP) is 4.86. The highest BCUT2D eigenvalue weighted by molar-refractivity contribution is 7.89. The molecule has 0 saturated carbocycles. The van der Waals surface area contributed by atoms with E-state index < -0.39 is 38.5 Å². The van der Waals surface area contributed by atoms with Crippen LogP contribution in [0.1, 0.15) is 28.9 Å². The number of rotatable bonds is 12. The van der Waals surface area contributed by atoms with Gasteiger partial charge in [0.05, 0.1) is 9.90 Å². The number of halogens is 4. The Morgan fingerprint density at radius 3 is 2.44 bits per heavy atom. The van der Waals surface area contributed by atoms with Gasteiger partial charge in [-0.1, -0.05) is 29.8 Å². The number of hydrogen-bond donors (Lipinski definition) is 3. The molecule has 36 heavy (non-hydrogen) atoms. The second-order valence-electron chi connectivity index (χ2n) is 7.77. The summed E-state index contributed by atoms with van der Waals surface area (Å²) in [5.74, 6) is -1.49. The number of fused-ring (bicyclic) bond motifs is 1. The number of alkyl halides is 2. The first-order valence-electron chi connectivity index (χ1n) is 10.9. The maximum absolute atomic E-state index is 13.1. The van der Waals surface area contributed by atoms with Gasteiger partial charge in [-0.25, -0.2) is 17.5 Å². The maximum Gasteiger partial charge on any atom is 0.262 e. The van der Waals surface area contributed by atoms with Crippen molar-refractivity contribution in [3.8, 4) is 0 Å². The molecule has 1 aromatic heterocycles. The zero-order valence-electron chi connectivity index (χ0n) is 18.8. The fourth-order valence-corrected chi connectivity index (χ4v) is 6.22. The summed E-state index contributed by atoms with van der Waals surface area (Å²) < 4.78 is 41.1. The number of sulfonamides is 1. The molecular weight excluding hydrogens is 572 g/mol. The van der Waals surface area contributed by atoms with Crippen LogP contribution < -0.4 is 15.4 Å². The third-order valence-electron chi connectivity index (χ3n) is 5.06. The monoisotopic (exact) mass is 593 g/mol. The van der Waals surface area contributed by atoms with E-state index in [0.29, 0.717) is 17.7 Å². The molecule has 194 valence electrons. The fraction of sp³-hybridized carbons (Fsp3) is 0.304. The van der Waals surface area contributed by atoms with Crippen LogP contribution in [0, 0.1) is 5.82 Å². The minimum absolute atomic E-state index is 0.0177. The van der Waals surface area contributed by atoms with Crippen LogP contribution >= 0.6 is 46.1 Å². The largest absolute Gasteiger partial charge is 0.354 e. The highest BCUT2D eigenvalue weighted by Crippen LogP contribution is 2.25. The van der Waals surface area contributed by atoms with Gasteiger partial charge in [0.25, 0.3) is 5.91 Å². The second-order valence-corrected chi connectivity index (χ2v) is 12.3. The third-order valence-corrected chi connectivity index (χ3v) is 8.48. The summed E-state index contributed by atoms with van der Waals surface area (Å²) in [6.45, 7) is 0.325. The Morgan fingerprint density at radius 2 is 1.75 bits per heavy atom. The topological polar surface area (TPSA) is 104 Å². The Bertz CT molecular complexity index is 1300. The summed E-state index contributed by atoms with van der Waals surface area (Å²) in [5, 5.41) is 6.11. The van der Waals surface area contributed by atoms with Crippen LogP contribution in [0.4, 0.5) is 4.39 Å². The van der Waals surface area contributed by atoms with Gasteiger partial charge in [-0.3, -0.25) is 9.59 Å². The van der Waals surface area contributed by atoms with E-state index in [-0.39, 0.29) is 29.4 Å². The van der Waals surface area contributed by atoms with Crippen molar-refractivity contribution >= 4 is 78.1 Å².